The van der Waals surface area contributed by atoms with Gasteiger partial charge in [0.1, 0.15) is 0 Å². The number of amides is 1. The van der Waals surface area contributed by atoms with Gasteiger partial charge in [0.25, 0.3) is 5.79 Å². The second kappa shape index (κ2) is 3.86. The van der Waals surface area contributed by atoms with Gasteiger partial charge in [-0.25, -0.2) is 0 Å². The van der Waals surface area contributed by atoms with Crippen LogP contribution in [0.25, 0.3) is 0 Å². The first-order chi connectivity index (χ1) is 7.64. The van der Waals surface area contributed by atoms with Gasteiger partial charge in [-0.1, -0.05) is 18.2 Å². The molecule has 0 saturated heterocycles. The molecule has 1 heterocycles. The summed E-state index contributed by atoms with van der Waals surface area (Å²) in [4.78, 5) is 11.9. The summed E-state index contributed by atoms with van der Waals surface area (Å²) in [6.07, 6.45) is 0.284. The summed E-state index contributed by atoms with van der Waals surface area (Å²) in [6.45, 7) is 0. The molecule has 16 heavy (non-hydrogen) atoms. The summed E-state index contributed by atoms with van der Waals surface area (Å²) in [6, 6.07) is 7.07. The van der Waals surface area contributed by atoms with Crippen molar-refractivity contribution in [2.45, 2.75) is 12.2 Å². The molecular formula is C11H13NO4. The molecule has 1 amide bonds. The van der Waals surface area contributed by atoms with E-state index in [4.69, 9.17) is 9.47 Å². The Balaban J connectivity index is 2.50. The number of nitrogens with zero attached hydrogens (tertiary/aromatic N) is 1. The molecule has 0 unspecified atom stereocenters. The van der Waals surface area contributed by atoms with Crippen molar-refractivity contribution in [2.24, 2.45) is 0 Å². The van der Waals surface area contributed by atoms with Gasteiger partial charge in [0.2, 0.25) is 0 Å². The topological polar surface area (TPSA) is 59.0 Å². The lowest BCUT2D eigenvalue weighted by Crippen LogP contribution is -2.55. The average molecular weight is 223 g/mol. The Morgan fingerprint density at radius 1 is 1.31 bits per heavy atom. The third kappa shape index (κ3) is 1.41. The minimum Gasteiger partial charge on any atom is -0.345 e. The van der Waals surface area contributed by atoms with E-state index in [0.29, 0.717) is 10.8 Å². The van der Waals surface area contributed by atoms with Crippen molar-refractivity contribution in [2.75, 3.05) is 19.3 Å². The number of rotatable bonds is 2. The van der Waals surface area contributed by atoms with Crippen molar-refractivity contribution in [1.82, 2.24) is 0 Å². The highest BCUT2D eigenvalue weighted by molar-refractivity contribution is 5.99. The van der Waals surface area contributed by atoms with Crippen LogP contribution in [-0.2, 0) is 20.7 Å². The van der Waals surface area contributed by atoms with Gasteiger partial charge >= 0.3 is 5.91 Å². The molecule has 1 aromatic carbocycles. The molecule has 1 aromatic rings. The van der Waals surface area contributed by atoms with Gasteiger partial charge < -0.3 is 9.47 Å². The Labute approximate surface area is 93.1 Å². The molecule has 1 N–H and O–H groups in total. The molecule has 0 fully saturated rings. The molecule has 0 spiro atoms. The SMILES string of the molecule is COC1(OC)Cc2ccccc2N(O)C1=O. The number of ether oxygens (including phenoxy) is 2. The van der Waals surface area contributed by atoms with Gasteiger partial charge in [-0.3, -0.25) is 10.0 Å². The van der Waals surface area contributed by atoms with Gasteiger partial charge in [0.15, 0.2) is 0 Å². The van der Waals surface area contributed by atoms with Crippen molar-refractivity contribution in [3.05, 3.63) is 29.8 Å². The van der Waals surface area contributed by atoms with E-state index in [1.165, 1.54) is 14.2 Å². The maximum absolute atomic E-state index is 11.9. The van der Waals surface area contributed by atoms with E-state index in [1.54, 1.807) is 12.1 Å². The summed E-state index contributed by atoms with van der Waals surface area (Å²) >= 11 is 0. The Morgan fingerprint density at radius 2 is 1.94 bits per heavy atom. The molecule has 0 aromatic heterocycles. The molecule has 0 bridgehead atoms. The third-order valence-corrected chi connectivity index (χ3v) is 2.82. The van der Waals surface area contributed by atoms with Crippen molar-refractivity contribution >= 4 is 11.6 Å². The minimum absolute atomic E-state index is 0.284. The molecule has 2 rings (SSSR count). The highest BCUT2D eigenvalue weighted by Crippen LogP contribution is 2.33. The first-order valence-electron chi connectivity index (χ1n) is 4.86. The quantitative estimate of drug-likeness (QED) is 0.599. The zero-order chi connectivity index (χ0) is 11.8. The molecule has 0 radical (unpaired) electrons. The first-order valence-corrected chi connectivity index (χ1v) is 4.86. The van der Waals surface area contributed by atoms with Gasteiger partial charge in [-0.2, -0.15) is 5.06 Å². The van der Waals surface area contributed by atoms with Gasteiger partial charge in [0, 0.05) is 20.6 Å². The maximum atomic E-state index is 11.9. The standard InChI is InChI=1S/C11H13NO4/c1-15-11(16-2)7-8-5-3-4-6-9(8)12(14)10(11)13/h3-6,14H,7H2,1-2H3. The fraction of sp³-hybridized carbons (Fsp3) is 0.364. The molecule has 1 aliphatic heterocycles. The van der Waals surface area contributed by atoms with Crippen LogP contribution < -0.4 is 5.06 Å². The smallest absolute Gasteiger partial charge is 0.311 e. The van der Waals surface area contributed by atoms with Crippen molar-refractivity contribution in [1.29, 1.82) is 0 Å². The lowest BCUT2D eigenvalue weighted by atomic mass is 9.97. The van der Waals surface area contributed by atoms with Crippen LogP contribution in [0.3, 0.4) is 0 Å². The van der Waals surface area contributed by atoms with Crippen molar-refractivity contribution in [3.63, 3.8) is 0 Å². The fourth-order valence-electron chi connectivity index (χ4n) is 1.87. The largest absolute Gasteiger partial charge is 0.345 e. The van der Waals surface area contributed by atoms with Crippen molar-refractivity contribution in [3.8, 4) is 0 Å². The zero-order valence-electron chi connectivity index (χ0n) is 9.14. The van der Waals surface area contributed by atoms with Gasteiger partial charge in [-0.15, -0.1) is 0 Å². The van der Waals surface area contributed by atoms with Crippen LogP contribution in [0.4, 0.5) is 5.69 Å². The summed E-state index contributed by atoms with van der Waals surface area (Å²) in [5.74, 6) is -2.04. The number of anilines is 1. The van der Waals surface area contributed by atoms with Crippen LogP contribution >= 0.6 is 0 Å². The Hall–Kier alpha value is -1.43. The molecule has 5 heteroatoms. The summed E-state index contributed by atoms with van der Waals surface area (Å²) in [5, 5.41) is 10.3. The molecule has 0 atom stereocenters. The molecular weight excluding hydrogens is 210 g/mol. The third-order valence-electron chi connectivity index (χ3n) is 2.82. The second-order valence-electron chi connectivity index (χ2n) is 3.58. The molecule has 1 aliphatic rings. The number of benzene rings is 1. The Bertz CT molecular complexity index is 414. The van der Waals surface area contributed by atoms with Crippen LogP contribution in [0.2, 0.25) is 0 Å². The van der Waals surface area contributed by atoms with Crippen LogP contribution in [0.5, 0.6) is 0 Å². The minimum atomic E-state index is -1.43. The van der Waals surface area contributed by atoms with E-state index in [1.807, 2.05) is 12.1 Å². The van der Waals surface area contributed by atoms with Gasteiger partial charge in [-0.05, 0) is 11.6 Å². The van der Waals surface area contributed by atoms with Crippen LogP contribution in [-0.4, -0.2) is 31.1 Å². The van der Waals surface area contributed by atoms with Gasteiger partial charge in [0.05, 0.1) is 5.69 Å². The second-order valence-corrected chi connectivity index (χ2v) is 3.58. The fourth-order valence-corrected chi connectivity index (χ4v) is 1.87. The van der Waals surface area contributed by atoms with E-state index in [-0.39, 0.29) is 6.42 Å². The first kappa shape index (κ1) is 11.1. The van der Waals surface area contributed by atoms with E-state index >= 15 is 0 Å². The number of para-hydroxylation sites is 1. The lowest BCUT2D eigenvalue weighted by molar-refractivity contribution is -0.212. The van der Waals surface area contributed by atoms with Crippen LogP contribution in [0.1, 0.15) is 5.56 Å². The number of hydrogen-bond acceptors (Lipinski definition) is 4. The number of hydroxylamine groups is 1. The number of carbonyl (C=O) groups excluding carboxylic acids is 1. The average Bonchev–Trinajstić information content (AvgIpc) is 2.34. The van der Waals surface area contributed by atoms with Crippen molar-refractivity contribution < 1.29 is 19.5 Å². The number of fused-ring (bicyclic) bond motifs is 1. The van der Waals surface area contributed by atoms with Crippen LogP contribution in [0, 0.1) is 0 Å². The Kier molecular flexibility index (Phi) is 2.67. The van der Waals surface area contributed by atoms with E-state index < -0.39 is 11.7 Å². The summed E-state index contributed by atoms with van der Waals surface area (Å²) in [7, 11) is 2.76. The normalized spacial score (nSPS) is 18.4. The molecule has 5 nitrogen and oxygen atoms in total. The number of methoxy groups -OCH3 is 2. The lowest BCUT2D eigenvalue weighted by Gasteiger charge is -2.37. The van der Waals surface area contributed by atoms with E-state index in [0.717, 1.165) is 5.56 Å². The summed E-state index contributed by atoms with van der Waals surface area (Å²) in [5.41, 5.74) is 1.27. The number of carbonyl (C=O) groups is 1. The zero-order valence-corrected chi connectivity index (χ0v) is 9.14. The van der Waals surface area contributed by atoms with E-state index in [2.05, 4.69) is 0 Å². The van der Waals surface area contributed by atoms with E-state index in [9.17, 15) is 10.0 Å². The Morgan fingerprint density at radius 3 is 2.56 bits per heavy atom. The number of hydrogen-bond donors (Lipinski definition) is 1. The molecule has 0 saturated carbocycles. The maximum Gasteiger partial charge on any atom is 0.311 e. The molecule has 0 aliphatic carbocycles. The summed E-state index contributed by atoms with van der Waals surface area (Å²) < 4.78 is 10.2. The highest BCUT2D eigenvalue weighted by atomic mass is 16.7. The predicted octanol–water partition coefficient (Wildman–Crippen LogP) is 0.954. The predicted molar refractivity (Wildman–Crippen MR) is 56.2 cm³/mol. The van der Waals surface area contributed by atoms with Crippen LogP contribution in [0.15, 0.2) is 24.3 Å². The molecule has 86 valence electrons. The highest BCUT2D eigenvalue weighted by Gasteiger charge is 2.47. The monoisotopic (exact) mass is 223 g/mol.